The third-order valence-electron chi connectivity index (χ3n) is 0.956. The average molecular weight is 117 g/mol. The summed E-state index contributed by atoms with van der Waals surface area (Å²) in [4.78, 5) is 10.3. The molecule has 0 aromatic heterocycles. The highest BCUT2D eigenvalue weighted by Gasteiger charge is 2.16. The lowest BCUT2D eigenvalue weighted by molar-refractivity contribution is -0.119. The van der Waals surface area contributed by atoms with Gasteiger partial charge >= 0.3 is 0 Å². The van der Waals surface area contributed by atoms with E-state index >= 15 is 0 Å². The Morgan fingerprint density at radius 1 is 1.86 bits per heavy atom. The number of hydrogen-bond acceptors (Lipinski definition) is 2. The monoisotopic (exact) mass is 117 g/mol. The number of amides is 1. The van der Waals surface area contributed by atoms with Crippen molar-refractivity contribution in [2.75, 3.05) is 6.54 Å². The molecule has 1 fully saturated rings. The molecular formula is C4H7NOS. The molecule has 0 spiro atoms. The van der Waals surface area contributed by atoms with Gasteiger partial charge in [-0.25, -0.2) is 0 Å². The summed E-state index contributed by atoms with van der Waals surface area (Å²) >= 11 is 4.07. The fraction of sp³-hybridized carbons (Fsp3) is 0.750. The number of carbonyl (C=O) groups is 1. The van der Waals surface area contributed by atoms with E-state index < -0.39 is 0 Å². The standard InChI is InChI=1S/C4H7NOS/c6-4-1-3(7)2-5-4/h3,7H,1-2H2,(H,5,6)/t3-/m1/s1. The molecule has 1 heterocycles. The van der Waals surface area contributed by atoms with E-state index in [0.29, 0.717) is 6.42 Å². The number of nitrogens with one attached hydrogen (secondary N) is 1. The first-order valence-electron chi connectivity index (χ1n) is 2.24. The Morgan fingerprint density at radius 3 is 2.71 bits per heavy atom. The maximum atomic E-state index is 10.3. The van der Waals surface area contributed by atoms with Crippen molar-refractivity contribution in [1.82, 2.24) is 5.32 Å². The number of rotatable bonds is 0. The van der Waals surface area contributed by atoms with Gasteiger partial charge in [0.2, 0.25) is 5.91 Å². The molecule has 3 heteroatoms. The molecule has 1 aliphatic rings. The fourth-order valence-corrected chi connectivity index (χ4v) is 0.847. The second-order valence-electron chi connectivity index (χ2n) is 1.66. The Kier molecular flexibility index (Phi) is 1.23. The minimum atomic E-state index is 0.125. The van der Waals surface area contributed by atoms with E-state index in [0.717, 1.165) is 6.54 Å². The van der Waals surface area contributed by atoms with Crippen LogP contribution >= 0.6 is 12.6 Å². The molecule has 0 bridgehead atoms. The SMILES string of the molecule is O=C1C[C@@H](S)CN1. The van der Waals surface area contributed by atoms with Gasteiger partial charge in [-0.3, -0.25) is 4.79 Å². The van der Waals surface area contributed by atoms with Gasteiger partial charge in [0.1, 0.15) is 0 Å². The average Bonchev–Trinajstić information content (AvgIpc) is 1.87. The molecule has 0 aromatic carbocycles. The van der Waals surface area contributed by atoms with Gasteiger partial charge in [-0.2, -0.15) is 12.6 Å². The molecule has 1 N–H and O–H groups in total. The summed E-state index contributed by atoms with van der Waals surface area (Å²) in [7, 11) is 0. The van der Waals surface area contributed by atoms with Crippen LogP contribution in [0.1, 0.15) is 6.42 Å². The van der Waals surface area contributed by atoms with Crippen LogP contribution in [0, 0.1) is 0 Å². The summed E-state index contributed by atoms with van der Waals surface area (Å²) in [5.74, 6) is 0.125. The summed E-state index contributed by atoms with van der Waals surface area (Å²) < 4.78 is 0. The van der Waals surface area contributed by atoms with Crippen LogP contribution in [0.5, 0.6) is 0 Å². The smallest absolute Gasteiger partial charge is 0.221 e. The Bertz CT molecular complexity index is 93.7. The first-order chi connectivity index (χ1) is 3.29. The predicted molar refractivity (Wildman–Crippen MR) is 30.4 cm³/mol. The van der Waals surface area contributed by atoms with E-state index in [1.165, 1.54) is 0 Å². The molecular weight excluding hydrogens is 110 g/mol. The van der Waals surface area contributed by atoms with E-state index in [1.807, 2.05) is 0 Å². The second-order valence-corrected chi connectivity index (χ2v) is 2.39. The van der Waals surface area contributed by atoms with Crippen molar-refractivity contribution in [2.45, 2.75) is 11.7 Å². The first kappa shape index (κ1) is 4.97. The van der Waals surface area contributed by atoms with Crippen molar-refractivity contribution < 1.29 is 4.79 Å². The second kappa shape index (κ2) is 1.74. The molecule has 1 atom stereocenters. The zero-order valence-corrected chi connectivity index (χ0v) is 4.74. The predicted octanol–water partition coefficient (Wildman–Crippen LogP) is -0.195. The fourth-order valence-electron chi connectivity index (χ4n) is 0.590. The Balaban J connectivity index is 2.40. The maximum absolute atomic E-state index is 10.3. The van der Waals surface area contributed by atoms with Crippen LogP contribution in [0.15, 0.2) is 0 Å². The Hall–Kier alpha value is -0.180. The minimum Gasteiger partial charge on any atom is -0.355 e. The highest BCUT2D eigenvalue weighted by atomic mass is 32.1. The zero-order chi connectivity index (χ0) is 5.28. The first-order valence-corrected chi connectivity index (χ1v) is 2.75. The van der Waals surface area contributed by atoms with Gasteiger partial charge in [0.25, 0.3) is 0 Å². The normalized spacial score (nSPS) is 30.4. The molecule has 0 unspecified atom stereocenters. The van der Waals surface area contributed by atoms with E-state index in [9.17, 15) is 4.79 Å². The van der Waals surface area contributed by atoms with E-state index in [4.69, 9.17) is 0 Å². The van der Waals surface area contributed by atoms with Crippen molar-refractivity contribution in [3.05, 3.63) is 0 Å². The topological polar surface area (TPSA) is 29.1 Å². The van der Waals surface area contributed by atoms with Gasteiger partial charge in [0, 0.05) is 18.2 Å². The molecule has 0 aliphatic carbocycles. The van der Waals surface area contributed by atoms with Crippen molar-refractivity contribution >= 4 is 18.5 Å². The van der Waals surface area contributed by atoms with Crippen LogP contribution in [0.25, 0.3) is 0 Å². The van der Waals surface area contributed by atoms with Crippen molar-refractivity contribution in [2.24, 2.45) is 0 Å². The van der Waals surface area contributed by atoms with Crippen molar-refractivity contribution in [1.29, 1.82) is 0 Å². The van der Waals surface area contributed by atoms with E-state index in [2.05, 4.69) is 17.9 Å². The maximum Gasteiger partial charge on any atom is 0.221 e. The molecule has 0 aromatic rings. The minimum absolute atomic E-state index is 0.125. The summed E-state index contributed by atoms with van der Waals surface area (Å²) in [6.45, 7) is 0.738. The van der Waals surface area contributed by atoms with Crippen LogP contribution in [-0.4, -0.2) is 17.7 Å². The molecule has 1 aliphatic heterocycles. The van der Waals surface area contributed by atoms with Gasteiger partial charge in [0.05, 0.1) is 0 Å². The molecule has 1 amide bonds. The summed E-state index contributed by atoms with van der Waals surface area (Å²) in [5, 5.41) is 2.91. The van der Waals surface area contributed by atoms with Crippen LogP contribution in [0.3, 0.4) is 0 Å². The molecule has 0 saturated carbocycles. The quantitative estimate of drug-likeness (QED) is 0.423. The summed E-state index contributed by atoms with van der Waals surface area (Å²) in [5.41, 5.74) is 0. The van der Waals surface area contributed by atoms with Gasteiger partial charge in [0.15, 0.2) is 0 Å². The van der Waals surface area contributed by atoms with Crippen LogP contribution in [-0.2, 0) is 4.79 Å². The van der Waals surface area contributed by atoms with Gasteiger partial charge in [-0.05, 0) is 0 Å². The lowest BCUT2D eigenvalue weighted by Gasteiger charge is -1.88. The lowest BCUT2D eigenvalue weighted by Crippen LogP contribution is -2.13. The van der Waals surface area contributed by atoms with Crippen LogP contribution in [0.4, 0.5) is 0 Å². The van der Waals surface area contributed by atoms with E-state index in [1.54, 1.807) is 0 Å². The third-order valence-corrected chi connectivity index (χ3v) is 1.32. The molecule has 2 nitrogen and oxygen atoms in total. The molecule has 1 saturated heterocycles. The number of carbonyl (C=O) groups excluding carboxylic acids is 1. The lowest BCUT2D eigenvalue weighted by atomic mass is 10.4. The molecule has 7 heavy (non-hydrogen) atoms. The summed E-state index contributed by atoms with van der Waals surface area (Å²) in [6, 6.07) is 0. The zero-order valence-electron chi connectivity index (χ0n) is 3.85. The van der Waals surface area contributed by atoms with Crippen molar-refractivity contribution in [3.8, 4) is 0 Å². The van der Waals surface area contributed by atoms with Crippen molar-refractivity contribution in [3.63, 3.8) is 0 Å². The van der Waals surface area contributed by atoms with Gasteiger partial charge < -0.3 is 5.32 Å². The van der Waals surface area contributed by atoms with Crippen LogP contribution < -0.4 is 5.32 Å². The molecule has 1 rings (SSSR count). The Morgan fingerprint density at radius 2 is 2.57 bits per heavy atom. The van der Waals surface area contributed by atoms with Gasteiger partial charge in [-0.15, -0.1) is 0 Å². The Labute approximate surface area is 47.7 Å². The third kappa shape index (κ3) is 1.09. The highest BCUT2D eigenvalue weighted by Crippen LogP contribution is 2.04. The highest BCUT2D eigenvalue weighted by molar-refractivity contribution is 7.81. The number of thiol groups is 1. The number of hydrogen-bond donors (Lipinski definition) is 2. The molecule has 40 valence electrons. The van der Waals surface area contributed by atoms with E-state index in [-0.39, 0.29) is 11.2 Å². The van der Waals surface area contributed by atoms with Crippen LogP contribution in [0.2, 0.25) is 0 Å². The van der Waals surface area contributed by atoms with Gasteiger partial charge in [-0.1, -0.05) is 0 Å². The summed E-state index contributed by atoms with van der Waals surface area (Å²) in [6.07, 6.45) is 0.586. The molecule has 0 radical (unpaired) electrons. The largest absolute Gasteiger partial charge is 0.355 e.